The molecule has 0 amide bonds. The van der Waals surface area contributed by atoms with Gasteiger partial charge in [-0.15, -0.1) is 0 Å². The first-order valence-electron chi connectivity index (χ1n) is 18.1. The van der Waals surface area contributed by atoms with Gasteiger partial charge in [-0.2, -0.15) is 0 Å². The van der Waals surface area contributed by atoms with Crippen LogP contribution in [0.2, 0.25) is 0 Å². The minimum Gasteiger partial charge on any atom is -0.456 e. The molecule has 0 saturated carbocycles. The van der Waals surface area contributed by atoms with Crippen LogP contribution in [0, 0.1) is 0 Å². The van der Waals surface area contributed by atoms with Gasteiger partial charge in [0, 0.05) is 21.6 Å². The summed E-state index contributed by atoms with van der Waals surface area (Å²) in [6.45, 7) is 9.48. The topological polar surface area (TPSA) is 13.1 Å². The van der Waals surface area contributed by atoms with Crippen molar-refractivity contribution in [2.75, 3.05) is 0 Å². The van der Waals surface area contributed by atoms with Crippen molar-refractivity contribution in [1.29, 1.82) is 0 Å². The fourth-order valence-electron chi connectivity index (χ4n) is 9.68. The predicted molar refractivity (Wildman–Crippen MR) is 215 cm³/mol. The fourth-order valence-corrected chi connectivity index (χ4v) is 9.68. The van der Waals surface area contributed by atoms with E-state index in [9.17, 15) is 0 Å². The van der Waals surface area contributed by atoms with Crippen molar-refractivity contribution in [2.24, 2.45) is 0 Å². The molecule has 0 radical (unpaired) electrons. The highest BCUT2D eigenvalue weighted by molar-refractivity contribution is 6.16. The lowest BCUT2D eigenvalue weighted by Gasteiger charge is -2.35. The number of furan rings is 1. The second-order valence-corrected chi connectivity index (χ2v) is 15.6. The van der Waals surface area contributed by atoms with Gasteiger partial charge in [-0.25, -0.2) is 0 Å². The molecule has 0 atom stereocenters. The van der Waals surface area contributed by atoms with Gasteiger partial charge in [0.15, 0.2) is 0 Å². The largest absolute Gasteiger partial charge is 0.456 e. The summed E-state index contributed by atoms with van der Waals surface area (Å²) in [7, 11) is 0. The zero-order valence-electron chi connectivity index (χ0n) is 29.3. The first-order chi connectivity index (χ1) is 24.8. The molecule has 0 fully saturated rings. The second kappa shape index (κ2) is 9.86. The van der Waals surface area contributed by atoms with Crippen molar-refractivity contribution >= 4 is 43.5 Å². The average molecular weight is 653 g/mol. The molecule has 2 aliphatic carbocycles. The van der Waals surface area contributed by atoms with Crippen LogP contribution in [0.25, 0.3) is 88.0 Å². The van der Waals surface area contributed by atoms with E-state index >= 15 is 0 Å². The van der Waals surface area contributed by atoms with E-state index < -0.39 is 0 Å². The van der Waals surface area contributed by atoms with Crippen LogP contribution in [0.3, 0.4) is 0 Å². The van der Waals surface area contributed by atoms with Crippen molar-refractivity contribution in [3.05, 3.63) is 168 Å². The van der Waals surface area contributed by atoms with Crippen LogP contribution in [0.4, 0.5) is 0 Å². The number of benzene rings is 8. The molecule has 8 aromatic carbocycles. The van der Waals surface area contributed by atoms with Gasteiger partial charge in [-0.3, -0.25) is 0 Å². The van der Waals surface area contributed by atoms with Crippen LogP contribution < -0.4 is 0 Å². The Bertz CT molecular complexity index is 2740. The summed E-state index contributed by atoms with van der Waals surface area (Å²) in [5, 5.41) is 7.70. The van der Waals surface area contributed by atoms with Crippen LogP contribution >= 0.6 is 0 Å². The quantitative estimate of drug-likeness (QED) is 0.181. The van der Waals surface area contributed by atoms with Gasteiger partial charge in [0.05, 0.1) is 0 Å². The molecule has 0 spiro atoms. The third-order valence-electron chi connectivity index (χ3n) is 12.3. The summed E-state index contributed by atoms with van der Waals surface area (Å²) in [6, 6.07) is 54.1. The first-order valence-corrected chi connectivity index (χ1v) is 18.1. The Balaban J connectivity index is 1.18. The Morgan fingerprint density at radius 1 is 0.333 bits per heavy atom. The number of rotatable bonds is 2. The van der Waals surface area contributed by atoms with E-state index in [1.807, 2.05) is 0 Å². The molecule has 0 unspecified atom stereocenters. The lowest BCUT2D eigenvalue weighted by Crippen LogP contribution is -2.23. The van der Waals surface area contributed by atoms with Crippen molar-refractivity contribution in [2.45, 2.75) is 38.5 Å². The Kier molecular flexibility index (Phi) is 5.58. The van der Waals surface area contributed by atoms with Gasteiger partial charge >= 0.3 is 0 Å². The monoisotopic (exact) mass is 652 g/mol. The summed E-state index contributed by atoms with van der Waals surface area (Å²) >= 11 is 0. The molecule has 1 heterocycles. The van der Waals surface area contributed by atoms with E-state index in [1.165, 1.54) is 99.1 Å². The summed E-state index contributed by atoms with van der Waals surface area (Å²) in [4.78, 5) is 0. The van der Waals surface area contributed by atoms with Crippen molar-refractivity contribution < 1.29 is 4.42 Å². The summed E-state index contributed by atoms with van der Waals surface area (Å²) < 4.78 is 6.85. The molecular formula is C50H36O. The molecule has 0 bridgehead atoms. The fraction of sp³-hybridized carbons (Fsp3) is 0.120. The highest BCUT2D eigenvalue weighted by Gasteiger charge is 2.37. The maximum atomic E-state index is 6.85. The van der Waals surface area contributed by atoms with Gasteiger partial charge in [-0.05, 0) is 113 Å². The molecule has 0 N–H and O–H groups in total. The van der Waals surface area contributed by atoms with Gasteiger partial charge < -0.3 is 4.42 Å². The van der Waals surface area contributed by atoms with E-state index in [4.69, 9.17) is 4.42 Å². The van der Waals surface area contributed by atoms with Crippen LogP contribution in [-0.4, -0.2) is 0 Å². The van der Waals surface area contributed by atoms with E-state index in [1.54, 1.807) is 0 Å². The van der Waals surface area contributed by atoms with Gasteiger partial charge in [0.1, 0.15) is 11.2 Å². The smallest absolute Gasteiger partial charge is 0.135 e. The molecule has 2 aliphatic rings. The highest BCUT2D eigenvalue weighted by Crippen LogP contribution is 2.54. The summed E-state index contributed by atoms with van der Waals surface area (Å²) in [5.74, 6) is 0. The lowest BCUT2D eigenvalue weighted by atomic mass is 9.67. The average Bonchev–Trinajstić information content (AvgIpc) is 3.52. The Morgan fingerprint density at radius 2 is 0.745 bits per heavy atom. The lowest BCUT2D eigenvalue weighted by molar-refractivity contribution is 0.630. The molecule has 0 saturated heterocycles. The van der Waals surface area contributed by atoms with E-state index in [0.29, 0.717) is 0 Å². The van der Waals surface area contributed by atoms with Crippen LogP contribution in [0.5, 0.6) is 0 Å². The highest BCUT2D eigenvalue weighted by atomic mass is 16.3. The third kappa shape index (κ3) is 3.76. The zero-order valence-corrected chi connectivity index (χ0v) is 29.3. The maximum Gasteiger partial charge on any atom is 0.135 e. The predicted octanol–water partition coefficient (Wildman–Crippen LogP) is 13.8. The Hall–Kier alpha value is -5.92. The molecule has 11 rings (SSSR count). The standard InChI is InChI=1S/C50H36O/c1-49(2)41-19-11-17-33-31(29-13-7-5-8-14-29)21-23-35(47(33)41)37-25-39-40-26-38-36-24-22-32(30-15-9-6-10-16-30)34-18-12-20-42(48(34)36)50(3,4)44(38)28-46(40)51-45(39)27-43(37)49/h5-28H,1-4H3. The Labute approximate surface area is 297 Å². The van der Waals surface area contributed by atoms with Crippen molar-refractivity contribution in [3.8, 4) is 44.5 Å². The van der Waals surface area contributed by atoms with Crippen molar-refractivity contribution in [1.82, 2.24) is 0 Å². The van der Waals surface area contributed by atoms with Gasteiger partial charge in [0.25, 0.3) is 0 Å². The van der Waals surface area contributed by atoms with E-state index in [-0.39, 0.29) is 10.8 Å². The Morgan fingerprint density at radius 3 is 1.18 bits per heavy atom. The molecule has 51 heavy (non-hydrogen) atoms. The third-order valence-corrected chi connectivity index (χ3v) is 12.3. The number of fused-ring (bicyclic) bond motifs is 7. The molecular weight excluding hydrogens is 617 g/mol. The zero-order chi connectivity index (χ0) is 34.2. The van der Waals surface area contributed by atoms with Crippen LogP contribution in [-0.2, 0) is 10.8 Å². The van der Waals surface area contributed by atoms with Gasteiger partial charge in [0.2, 0.25) is 0 Å². The molecule has 9 aromatic rings. The molecule has 242 valence electrons. The summed E-state index contributed by atoms with van der Waals surface area (Å²) in [5.41, 5.74) is 17.2. The van der Waals surface area contributed by atoms with Crippen LogP contribution in [0.1, 0.15) is 49.9 Å². The minimum absolute atomic E-state index is 0.195. The van der Waals surface area contributed by atoms with Gasteiger partial charge in [-0.1, -0.05) is 149 Å². The normalized spacial score (nSPS) is 15.0. The van der Waals surface area contributed by atoms with E-state index in [0.717, 1.165) is 11.2 Å². The first kappa shape index (κ1) is 28.9. The maximum absolute atomic E-state index is 6.85. The van der Waals surface area contributed by atoms with Crippen LogP contribution in [0.15, 0.2) is 150 Å². The number of hydrogen-bond acceptors (Lipinski definition) is 1. The number of hydrogen-bond donors (Lipinski definition) is 0. The molecule has 1 heteroatoms. The molecule has 1 aromatic heterocycles. The van der Waals surface area contributed by atoms with E-state index in [2.05, 4.69) is 173 Å². The summed E-state index contributed by atoms with van der Waals surface area (Å²) in [6.07, 6.45) is 0. The van der Waals surface area contributed by atoms with Crippen molar-refractivity contribution in [3.63, 3.8) is 0 Å². The second-order valence-electron chi connectivity index (χ2n) is 15.6. The molecule has 0 aliphatic heterocycles. The minimum atomic E-state index is -0.195. The SMILES string of the molecule is CC1(C)c2cc3oc4cc5c(cc4c3cc2-c2ccc(-c3ccccc3)c3cccc1c23)-c1ccc(-c2ccccc2)c2cccc(c12)C5(C)C. The molecule has 1 nitrogen and oxygen atoms in total.